The summed E-state index contributed by atoms with van der Waals surface area (Å²) in [6.07, 6.45) is 3.48. The molecular weight excluding hydrogens is 250 g/mol. The summed E-state index contributed by atoms with van der Waals surface area (Å²) in [5.74, 6) is -0.0672. The van der Waals surface area contributed by atoms with Gasteiger partial charge in [0.1, 0.15) is 5.54 Å². The van der Waals surface area contributed by atoms with Crippen LogP contribution in [0, 0.1) is 0 Å². The number of nitrogens with two attached hydrogens (primary N) is 1. The van der Waals surface area contributed by atoms with Gasteiger partial charge in [-0.1, -0.05) is 30.3 Å². The molecule has 0 saturated carbocycles. The van der Waals surface area contributed by atoms with Gasteiger partial charge in [-0.3, -0.25) is 9.69 Å². The average Bonchev–Trinajstić information content (AvgIpc) is 3.04. The molecule has 0 aliphatic carbocycles. The van der Waals surface area contributed by atoms with Crippen LogP contribution in [0.2, 0.25) is 0 Å². The highest BCUT2D eigenvalue weighted by molar-refractivity contribution is 5.87. The zero-order valence-corrected chi connectivity index (χ0v) is 12.0. The number of benzene rings is 1. The molecule has 2 saturated heterocycles. The molecule has 2 fully saturated rings. The monoisotopic (exact) mass is 273 g/mol. The van der Waals surface area contributed by atoms with E-state index in [0.717, 1.165) is 18.5 Å². The molecule has 1 aromatic rings. The van der Waals surface area contributed by atoms with Gasteiger partial charge in [-0.15, -0.1) is 0 Å². The molecule has 4 nitrogen and oxygen atoms in total. The van der Waals surface area contributed by atoms with E-state index in [2.05, 4.69) is 10.2 Å². The normalized spacial score (nSPS) is 28.9. The van der Waals surface area contributed by atoms with E-state index in [-0.39, 0.29) is 11.9 Å². The Bertz CT molecular complexity index is 486. The largest absolute Gasteiger partial charge is 0.350 e. The number of rotatable bonds is 3. The summed E-state index contributed by atoms with van der Waals surface area (Å²) in [5.41, 5.74) is 6.17. The van der Waals surface area contributed by atoms with Crippen LogP contribution < -0.4 is 11.1 Å². The van der Waals surface area contributed by atoms with Gasteiger partial charge in [0.05, 0.1) is 0 Å². The molecule has 1 aromatic carbocycles. The highest BCUT2D eigenvalue weighted by atomic mass is 16.2. The maximum atomic E-state index is 12.6. The molecule has 20 heavy (non-hydrogen) atoms. The van der Waals surface area contributed by atoms with Crippen LogP contribution in [0.3, 0.4) is 0 Å². The van der Waals surface area contributed by atoms with Crippen molar-refractivity contribution < 1.29 is 4.79 Å². The third kappa shape index (κ3) is 2.34. The van der Waals surface area contributed by atoms with Crippen molar-refractivity contribution in [3.05, 3.63) is 35.9 Å². The minimum atomic E-state index is -0.965. The molecule has 4 heteroatoms. The van der Waals surface area contributed by atoms with Crippen molar-refractivity contribution in [2.24, 2.45) is 5.73 Å². The van der Waals surface area contributed by atoms with E-state index < -0.39 is 5.54 Å². The molecule has 2 heterocycles. The van der Waals surface area contributed by atoms with Gasteiger partial charge in [-0.05, 0) is 38.3 Å². The van der Waals surface area contributed by atoms with Crippen molar-refractivity contribution in [2.75, 3.05) is 13.1 Å². The summed E-state index contributed by atoms with van der Waals surface area (Å²) in [7, 11) is 0. The number of nitrogens with one attached hydrogen (secondary N) is 1. The molecule has 3 rings (SSSR count). The molecule has 3 atom stereocenters. The van der Waals surface area contributed by atoms with Crippen molar-refractivity contribution in [3.8, 4) is 0 Å². The molecule has 2 aliphatic heterocycles. The van der Waals surface area contributed by atoms with Gasteiger partial charge >= 0.3 is 0 Å². The Morgan fingerprint density at radius 2 is 2.05 bits per heavy atom. The summed E-state index contributed by atoms with van der Waals surface area (Å²) in [4.78, 5) is 15.0. The first kappa shape index (κ1) is 13.6. The van der Waals surface area contributed by atoms with Gasteiger partial charge in [-0.25, -0.2) is 0 Å². The Morgan fingerprint density at radius 1 is 1.30 bits per heavy atom. The first-order chi connectivity index (χ1) is 9.59. The van der Waals surface area contributed by atoms with Crippen LogP contribution in [0.15, 0.2) is 30.3 Å². The minimum absolute atomic E-state index is 0.0672. The van der Waals surface area contributed by atoms with Gasteiger partial charge in [0.15, 0.2) is 0 Å². The Hall–Kier alpha value is -1.39. The second kappa shape index (κ2) is 5.19. The SMILES string of the molecule is CC(N)(C(=O)NC1CCN2CCCC12)c1ccccc1. The zero-order chi connectivity index (χ0) is 14.2. The second-order valence-corrected chi connectivity index (χ2v) is 6.18. The van der Waals surface area contributed by atoms with Crippen molar-refractivity contribution >= 4 is 5.91 Å². The third-order valence-electron chi connectivity index (χ3n) is 4.77. The molecule has 2 aliphatic rings. The van der Waals surface area contributed by atoms with E-state index in [4.69, 9.17) is 5.73 Å². The summed E-state index contributed by atoms with van der Waals surface area (Å²) in [6.45, 7) is 4.07. The van der Waals surface area contributed by atoms with E-state index in [1.165, 1.54) is 19.4 Å². The lowest BCUT2D eigenvalue weighted by Crippen LogP contribution is -2.54. The highest BCUT2D eigenvalue weighted by Crippen LogP contribution is 2.28. The molecule has 0 bridgehead atoms. The van der Waals surface area contributed by atoms with E-state index in [0.29, 0.717) is 6.04 Å². The number of hydrogen-bond acceptors (Lipinski definition) is 3. The van der Waals surface area contributed by atoms with E-state index in [1.54, 1.807) is 6.92 Å². The molecule has 0 radical (unpaired) electrons. The maximum Gasteiger partial charge on any atom is 0.244 e. The Balaban J connectivity index is 1.70. The standard InChI is InChI=1S/C16H23N3O/c1-16(17,12-6-3-2-4-7-12)15(20)18-13-9-11-19-10-5-8-14(13)19/h2-4,6-7,13-14H,5,8-11,17H2,1H3,(H,18,20). The first-order valence-electron chi connectivity index (χ1n) is 7.48. The first-order valence-corrected chi connectivity index (χ1v) is 7.48. The number of nitrogens with zero attached hydrogens (tertiary/aromatic N) is 1. The van der Waals surface area contributed by atoms with E-state index >= 15 is 0 Å². The Kier molecular flexibility index (Phi) is 3.52. The van der Waals surface area contributed by atoms with Crippen LogP contribution in [0.5, 0.6) is 0 Å². The van der Waals surface area contributed by atoms with Gasteiger partial charge in [0.2, 0.25) is 5.91 Å². The molecule has 0 aromatic heterocycles. The lowest BCUT2D eigenvalue weighted by Gasteiger charge is -2.28. The molecule has 3 unspecified atom stereocenters. The highest BCUT2D eigenvalue weighted by Gasteiger charge is 2.40. The number of fused-ring (bicyclic) bond motifs is 1. The fraction of sp³-hybridized carbons (Fsp3) is 0.562. The minimum Gasteiger partial charge on any atom is -0.350 e. The lowest BCUT2D eigenvalue weighted by atomic mass is 9.91. The number of carbonyl (C=O) groups is 1. The van der Waals surface area contributed by atoms with Crippen LogP contribution in [0.1, 0.15) is 31.7 Å². The van der Waals surface area contributed by atoms with Crippen LogP contribution in [0.25, 0.3) is 0 Å². The molecule has 0 spiro atoms. The van der Waals surface area contributed by atoms with Gasteiger partial charge < -0.3 is 11.1 Å². The van der Waals surface area contributed by atoms with Gasteiger partial charge in [-0.2, -0.15) is 0 Å². The predicted molar refractivity (Wildman–Crippen MR) is 79.1 cm³/mol. The zero-order valence-electron chi connectivity index (χ0n) is 12.0. The molecule has 108 valence electrons. The van der Waals surface area contributed by atoms with E-state index in [1.807, 2.05) is 30.3 Å². The van der Waals surface area contributed by atoms with Gasteiger partial charge in [0.25, 0.3) is 0 Å². The lowest BCUT2D eigenvalue weighted by molar-refractivity contribution is -0.127. The third-order valence-corrected chi connectivity index (χ3v) is 4.77. The summed E-state index contributed by atoms with van der Waals surface area (Å²) in [5, 5.41) is 3.18. The molecule has 1 amide bonds. The van der Waals surface area contributed by atoms with Crippen LogP contribution in [-0.2, 0) is 10.3 Å². The predicted octanol–water partition coefficient (Wildman–Crippen LogP) is 1.21. The summed E-state index contributed by atoms with van der Waals surface area (Å²) >= 11 is 0. The average molecular weight is 273 g/mol. The van der Waals surface area contributed by atoms with Crippen LogP contribution in [-0.4, -0.2) is 36.0 Å². The van der Waals surface area contributed by atoms with Crippen molar-refractivity contribution in [1.29, 1.82) is 0 Å². The fourth-order valence-corrected chi connectivity index (χ4v) is 3.48. The topological polar surface area (TPSA) is 58.4 Å². The van der Waals surface area contributed by atoms with Gasteiger partial charge in [0, 0.05) is 18.6 Å². The van der Waals surface area contributed by atoms with Crippen LogP contribution in [0.4, 0.5) is 0 Å². The fourth-order valence-electron chi connectivity index (χ4n) is 3.48. The number of carbonyl (C=O) groups excluding carboxylic acids is 1. The van der Waals surface area contributed by atoms with E-state index in [9.17, 15) is 4.79 Å². The molecular formula is C16H23N3O. The number of hydrogen-bond donors (Lipinski definition) is 2. The number of amides is 1. The quantitative estimate of drug-likeness (QED) is 0.870. The summed E-state index contributed by atoms with van der Waals surface area (Å²) < 4.78 is 0. The van der Waals surface area contributed by atoms with Crippen molar-refractivity contribution in [3.63, 3.8) is 0 Å². The summed E-state index contributed by atoms with van der Waals surface area (Å²) in [6, 6.07) is 10.4. The maximum absolute atomic E-state index is 12.6. The Labute approximate surface area is 120 Å². The Morgan fingerprint density at radius 3 is 2.80 bits per heavy atom. The molecule has 3 N–H and O–H groups in total. The second-order valence-electron chi connectivity index (χ2n) is 6.18. The smallest absolute Gasteiger partial charge is 0.244 e. The van der Waals surface area contributed by atoms with Crippen LogP contribution >= 0.6 is 0 Å². The van der Waals surface area contributed by atoms with Crippen molar-refractivity contribution in [1.82, 2.24) is 10.2 Å². The van der Waals surface area contributed by atoms with Crippen molar-refractivity contribution in [2.45, 2.75) is 43.8 Å².